The van der Waals surface area contributed by atoms with Crippen molar-refractivity contribution >= 4 is 5.95 Å². The molecular weight excluding hydrogens is 216 g/mol. The van der Waals surface area contributed by atoms with Crippen molar-refractivity contribution in [3.05, 3.63) is 28.9 Å². The Morgan fingerprint density at radius 2 is 2.06 bits per heavy atom. The fraction of sp³-hybridized carbons (Fsp3) is 0.500. The van der Waals surface area contributed by atoms with E-state index in [1.165, 1.54) is 0 Å². The highest BCUT2D eigenvalue weighted by atomic mass is 16.5. The quantitative estimate of drug-likeness (QED) is 0.886. The van der Waals surface area contributed by atoms with E-state index in [-0.39, 0.29) is 6.04 Å². The van der Waals surface area contributed by atoms with E-state index in [1.54, 1.807) is 0 Å². The van der Waals surface area contributed by atoms with Gasteiger partial charge >= 0.3 is 0 Å². The molecule has 5 heteroatoms. The number of aromatic nitrogens is 3. The summed E-state index contributed by atoms with van der Waals surface area (Å²) < 4.78 is 7.15. The van der Waals surface area contributed by atoms with Crippen LogP contribution in [0.4, 0.5) is 5.95 Å². The number of aryl methyl sites for hydroxylation is 4. The number of imidazole rings is 1. The second-order valence-electron chi connectivity index (χ2n) is 4.42. The summed E-state index contributed by atoms with van der Waals surface area (Å²) in [6.45, 7) is 7.94. The number of hydrogen-bond acceptors (Lipinski definition) is 4. The van der Waals surface area contributed by atoms with Crippen molar-refractivity contribution in [2.75, 3.05) is 5.32 Å². The molecule has 1 N–H and O–H groups in total. The SMILES string of the molecule is Cc1cn(C)c(NC(C)c2c(C)noc2C)n1. The fourth-order valence-electron chi connectivity index (χ4n) is 2.12. The average Bonchev–Trinajstić information content (AvgIpc) is 2.71. The summed E-state index contributed by atoms with van der Waals surface area (Å²) in [4.78, 5) is 4.42. The van der Waals surface area contributed by atoms with Crippen molar-refractivity contribution in [1.29, 1.82) is 0 Å². The minimum Gasteiger partial charge on any atom is -0.361 e. The maximum atomic E-state index is 5.17. The van der Waals surface area contributed by atoms with Gasteiger partial charge in [0.25, 0.3) is 0 Å². The summed E-state index contributed by atoms with van der Waals surface area (Å²) in [5.41, 5.74) is 3.03. The summed E-state index contributed by atoms with van der Waals surface area (Å²) in [6, 6.07) is 0.127. The van der Waals surface area contributed by atoms with E-state index in [0.717, 1.165) is 28.7 Å². The van der Waals surface area contributed by atoms with Gasteiger partial charge in [-0.15, -0.1) is 0 Å². The van der Waals surface area contributed by atoms with Crippen LogP contribution in [0.1, 0.15) is 35.7 Å². The second kappa shape index (κ2) is 4.24. The topological polar surface area (TPSA) is 55.9 Å². The van der Waals surface area contributed by atoms with Gasteiger partial charge in [-0.1, -0.05) is 5.16 Å². The first-order valence-electron chi connectivity index (χ1n) is 5.68. The van der Waals surface area contributed by atoms with Crippen molar-refractivity contribution in [1.82, 2.24) is 14.7 Å². The second-order valence-corrected chi connectivity index (χ2v) is 4.42. The first-order chi connectivity index (χ1) is 7.99. The molecule has 0 radical (unpaired) electrons. The monoisotopic (exact) mass is 234 g/mol. The normalized spacial score (nSPS) is 12.8. The van der Waals surface area contributed by atoms with Crippen molar-refractivity contribution in [2.24, 2.45) is 7.05 Å². The van der Waals surface area contributed by atoms with E-state index in [0.29, 0.717) is 0 Å². The molecule has 0 aliphatic heterocycles. The van der Waals surface area contributed by atoms with Gasteiger partial charge in [-0.05, 0) is 27.7 Å². The van der Waals surface area contributed by atoms with Gasteiger partial charge in [-0.3, -0.25) is 0 Å². The number of hydrogen-bond donors (Lipinski definition) is 1. The maximum Gasteiger partial charge on any atom is 0.203 e. The molecule has 0 amide bonds. The molecular formula is C12H18N4O. The van der Waals surface area contributed by atoms with E-state index < -0.39 is 0 Å². The molecule has 2 aromatic heterocycles. The van der Waals surface area contributed by atoms with Crippen LogP contribution in [0, 0.1) is 20.8 Å². The molecule has 0 saturated heterocycles. The van der Waals surface area contributed by atoms with Crippen molar-refractivity contribution < 1.29 is 4.52 Å². The molecule has 5 nitrogen and oxygen atoms in total. The van der Waals surface area contributed by atoms with E-state index >= 15 is 0 Å². The van der Waals surface area contributed by atoms with Crippen molar-refractivity contribution in [2.45, 2.75) is 33.7 Å². The highest BCUT2D eigenvalue weighted by molar-refractivity contribution is 5.36. The lowest BCUT2D eigenvalue weighted by Crippen LogP contribution is -2.11. The highest BCUT2D eigenvalue weighted by Crippen LogP contribution is 2.24. The van der Waals surface area contributed by atoms with Crippen LogP contribution in [0.3, 0.4) is 0 Å². The smallest absolute Gasteiger partial charge is 0.203 e. The van der Waals surface area contributed by atoms with Crippen LogP contribution < -0.4 is 5.32 Å². The Morgan fingerprint density at radius 3 is 2.53 bits per heavy atom. The van der Waals surface area contributed by atoms with Gasteiger partial charge in [0.05, 0.1) is 17.4 Å². The fourth-order valence-corrected chi connectivity index (χ4v) is 2.12. The lowest BCUT2D eigenvalue weighted by molar-refractivity contribution is 0.392. The van der Waals surface area contributed by atoms with Crippen molar-refractivity contribution in [3.63, 3.8) is 0 Å². The van der Waals surface area contributed by atoms with Gasteiger partial charge in [-0.25, -0.2) is 4.98 Å². The molecule has 2 heterocycles. The molecule has 1 atom stereocenters. The van der Waals surface area contributed by atoms with Gasteiger partial charge in [0.2, 0.25) is 5.95 Å². The highest BCUT2D eigenvalue weighted by Gasteiger charge is 2.17. The van der Waals surface area contributed by atoms with E-state index in [2.05, 4.69) is 22.4 Å². The van der Waals surface area contributed by atoms with Crippen LogP contribution in [0.5, 0.6) is 0 Å². The van der Waals surface area contributed by atoms with E-state index in [1.807, 2.05) is 38.6 Å². The molecule has 0 spiro atoms. The molecule has 0 aliphatic rings. The Morgan fingerprint density at radius 1 is 1.35 bits per heavy atom. The maximum absolute atomic E-state index is 5.17. The molecule has 2 aromatic rings. The summed E-state index contributed by atoms with van der Waals surface area (Å²) in [7, 11) is 1.97. The average molecular weight is 234 g/mol. The zero-order chi connectivity index (χ0) is 12.6. The Kier molecular flexibility index (Phi) is 2.92. The molecule has 0 fully saturated rings. The number of anilines is 1. The predicted molar refractivity (Wildman–Crippen MR) is 66.0 cm³/mol. The minimum atomic E-state index is 0.127. The minimum absolute atomic E-state index is 0.127. The molecule has 17 heavy (non-hydrogen) atoms. The zero-order valence-electron chi connectivity index (χ0n) is 10.9. The molecule has 0 bridgehead atoms. The number of nitrogens with zero attached hydrogens (tertiary/aromatic N) is 3. The van der Waals surface area contributed by atoms with E-state index in [9.17, 15) is 0 Å². The number of nitrogens with one attached hydrogen (secondary N) is 1. The van der Waals surface area contributed by atoms with Crippen molar-refractivity contribution in [3.8, 4) is 0 Å². The predicted octanol–water partition coefficient (Wildman–Crippen LogP) is 2.51. The molecule has 0 aromatic carbocycles. The largest absolute Gasteiger partial charge is 0.361 e. The summed E-state index contributed by atoms with van der Waals surface area (Å²) in [5.74, 6) is 1.71. The summed E-state index contributed by atoms with van der Waals surface area (Å²) in [5, 5.41) is 7.33. The van der Waals surface area contributed by atoms with Crippen LogP contribution >= 0.6 is 0 Å². The van der Waals surface area contributed by atoms with Gasteiger partial charge in [0.1, 0.15) is 5.76 Å². The Labute approximate surface area is 101 Å². The van der Waals surface area contributed by atoms with Crippen LogP contribution in [-0.4, -0.2) is 14.7 Å². The van der Waals surface area contributed by atoms with Gasteiger partial charge in [-0.2, -0.15) is 0 Å². The summed E-state index contributed by atoms with van der Waals surface area (Å²) in [6.07, 6.45) is 1.99. The first-order valence-corrected chi connectivity index (χ1v) is 5.68. The first kappa shape index (κ1) is 11.7. The van der Waals surface area contributed by atoms with Crippen LogP contribution in [0.2, 0.25) is 0 Å². The lowest BCUT2D eigenvalue weighted by Gasteiger charge is -2.14. The molecule has 0 aliphatic carbocycles. The third kappa shape index (κ3) is 2.18. The zero-order valence-corrected chi connectivity index (χ0v) is 10.9. The number of rotatable bonds is 3. The standard InChI is InChI=1S/C12H18N4O/c1-7-6-16(5)12(13-7)14-8(2)11-9(3)15-17-10(11)4/h6,8H,1-5H3,(H,13,14). The Hall–Kier alpha value is -1.78. The Balaban J connectivity index is 2.22. The lowest BCUT2D eigenvalue weighted by atomic mass is 10.1. The van der Waals surface area contributed by atoms with Crippen LogP contribution in [0.25, 0.3) is 0 Å². The Bertz CT molecular complexity index is 507. The third-order valence-electron chi connectivity index (χ3n) is 2.86. The summed E-state index contributed by atoms with van der Waals surface area (Å²) >= 11 is 0. The van der Waals surface area contributed by atoms with Gasteiger partial charge < -0.3 is 14.4 Å². The van der Waals surface area contributed by atoms with Gasteiger partial charge in [0, 0.05) is 18.8 Å². The third-order valence-corrected chi connectivity index (χ3v) is 2.86. The van der Waals surface area contributed by atoms with Crippen LogP contribution in [0.15, 0.2) is 10.7 Å². The molecule has 1 unspecified atom stereocenters. The molecule has 2 rings (SSSR count). The molecule has 0 saturated carbocycles. The van der Waals surface area contributed by atoms with E-state index in [4.69, 9.17) is 4.52 Å². The molecule has 92 valence electrons. The van der Waals surface area contributed by atoms with Crippen LogP contribution in [-0.2, 0) is 7.05 Å². The van der Waals surface area contributed by atoms with Gasteiger partial charge in [0.15, 0.2) is 0 Å².